The summed E-state index contributed by atoms with van der Waals surface area (Å²) in [6.45, 7) is 2.06. The summed E-state index contributed by atoms with van der Waals surface area (Å²) < 4.78 is 1.77. The van der Waals surface area contributed by atoms with Gasteiger partial charge in [0.1, 0.15) is 17.7 Å². The van der Waals surface area contributed by atoms with E-state index in [0.717, 1.165) is 23.5 Å². The van der Waals surface area contributed by atoms with Gasteiger partial charge in [-0.05, 0) is 6.42 Å². The molecular weight excluding hydrogens is 230 g/mol. The minimum Gasteiger partial charge on any atom is -0.382 e. The predicted octanol–water partition coefficient (Wildman–Crippen LogP) is 0.898. The van der Waals surface area contributed by atoms with Crippen LogP contribution in [0.25, 0.3) is 22.6 Å². The van der Waals surface area contributed by atoms with Crippen LogP contribution in [0.1, 0.15) is 12.6 Å². The van der Waals surface area contributed by atoms with Gasteiger partial charge in [0.05, 0.1) is 11.3 Å². The van der Waals surface area contributed by atoms with Crippen molar-refractivity contribution >= 4 is 17.0 Å². The number of aromatic amines is 1. The smallest absolute Gasteiger partial charge is 0.183 e. The van der Waals surface area contributed by atoms with E-state index in [2.05, 4.69) is 32.0 Å². The van der Waals surface area contributed by atoms with Crippen LogP contribution < -0.4 is 5.73 Å². The Morgan fingerprint density at radius 2 is 2.22 bits per heavy atom. The van der Waals surface area contributed by atoms with E-state index in [9.17, 15) is 0 Å². The molecule has 0 radical (unpaired) electrons. The van der Waals surface area contributed by atoms with Crippen LogP contribution in [0.2, 0.25) is 0 Å². The third-order valence-electron chi connectivity index (χ3n) is 2.81. The molecule has 7 nitrogen and oxygen atoms in total. The number of fused-ring (bicyclic) bond motifs is 1. The first-order valence-corrected chi connectivity index (χ1v) is 5.68. The van der Waals surface area contributed by atoms with E-state index in [1.54, 1.807) is 4.68 Å². The normalized spacial score (nSPS) is 11.2. The molecule has 0 aliphatic heterocycles. The molecule has 3 heterocycles. The van der Waals surface area contributed by atoms with E-state index >= 15 is 0 Å². The molecule has 7 heteroatoms. The average Bonchev–Trinajstić information content (AvgIpc) is 2.92. The number of nitrogen functional groups attached to an aromatic ring is 1. The number of nitrogens with zero attached hydrogens (tertiary/aromatic N) is 5. The lowest BCUT2D eigenvalue weighted by atomic mass is 10.2. The SMILES string of the molecule is CCc1nn(C)cc1-c1nc2ncnc(N)c2[nH]1. The summed E-state index contributed by atoms with van der Waals surface area (Å²) in [5.74, 6) is 1.13. The van der Waals surface area contributed by atoms with Crippen LogP contribution in [0.15, 0.2) is 12.5 Å². The van der Waals surface area contributed by atoms with Gasteiger partial charge in [-0.25, -0.2) is 15.0 Å². The van der Waals surface area contributed by atoms with Gasteiger partial charge >= 0.3 is 0 Å². The second-order valence-electron chi connectivity index (χ2n) is 4.06. The molecule has 0 bridgehead atoms. The molecule has 18 heavy (non-hydrogen) atoms. The van der Waals surface area contributed by atoms with Crippen molar-refractivity contribution in [1.82, 2.24) is 29.7 Å². The lowest BCUT2D eigenvalue weighted by Gasteiger charge is -1.93. The highest BCUT2D eigenvalue weighted by Crippen LogP contribution is 2.24. The summed E-state index contributed by atoms with van der Waals surface area (Å²) in [7, 11) is 1.89. The second kappa shape index (κ2) is 3.80. The lowest BCUT2D eigenvalue weighted by Crippen LogP contribution is -1.91. The van der Waals surface area contributed by atoms with E-state index in [0.29, 0.717) is 17.0 Å². The number of imidazole rings is 1. The number of aryl methyl sites for hydroxylation is 2. The van der Waals surface area contributed by atoms with Gasteiger partial charge in [-0.1, -0.05) is 6.92 Å². The maximum atomic E-state index is 5.78. The minimum atomic E-state index is 0.403. The Morgan fingerprint density at radius 3 is 2.94 bits per heavy atom. The molecule has 3 rings (SSSR count). The highest BCUT2D eigenvalue weighted by Gasteiger charge is 2.14. The van der Waals surface area contributed by atoms with Crippen molar-refractivity contribution in [2.24, 2.45) is 7.05 Å². The third kappa shape index (κ3) is 1.52. The molecule has 0 amide bonds. The molecule has 0 unspecified atom stereocenters. The zero-order valence-corrected chi connectivity index (χ0v) is 10.2. The minimum absolute atomic E-state index is 0.403. The summed E-state index contributed by atoms with van der Waals surface area (Å²) in [5.41, 5.74) is 8.98. The molecule has 0 aliphatic carbocycles. The lowest BCUT2D eigenvalue weighted by molar-refractivity contribution is 0.746. The quantitative estimate of drug-likeness (QED) is 0.696. The molecule has 0 spiro atoms. The van der Waals surface area contributed by atoms with Gasteiger partial charge in [-0.2, -0.15) is 5.10 Å². The fraction of sp³-hybridized carbons (Fsp3) is 0.273. The summed E-state index contributed by atoms with van der Waals surface area (Å²) in [4.78, 5) is 15.6. The largest absolute Gasteiger partial charge is 0.382 e. The van der Waals surface area contributed by atoms with E-state index < -0.39 is 0 Å². The van der Waals surface area contributed by atoms with Crippen molar-refractivity contribution in [2.45, 2.75) is 13.3 Å². The Morgan fingerprint density at radius 1 is 1.39 bits per heavy atom. The maximum Gasteiger partial charge on any atom is 0.183 e. The number of hydrogen-bond donors (Lipinski definition) is 2. The van der Waals surface area contributed by atoms with Crippen molar-refractivity contribution in [3.05, 3.63) is 18.2 Å². The van der Waals surface area contributed by atoms with Crippen molar-refractivity contribution in [1.29, 1.82) is 0 Å². The monoisotopic (exact) mass is 243 g/mol. The fourth-order valence-electron chi connectivity index (χ4n) is 1.97. The Balaban J connectivity index is 2.22. The molecular formula is C11H13N7. The highest BCUT2D eigenvalue weighted by molar-refractivity contribution is 5.84. The van der Waals surface area contributed by atoms with Crippen molar-refractivity contribution in [2.75, 3.05) is 5.73 Å². The Labute approximate surface area is 103 Å². The molecule has 3 N–H and O–H groups in total. The summed E-state index contributed by atoms with van der Waals surface area (Å²) in [6, 6.07) is 0. The first-order valence-electron chi connectivity index (χ1n) is 5.68. The molecule has 0 saturated heterocycles. The first kappa shape index (κ1) is 10.7. The van der Waals surface area contributed by atoms with Gasteiger partial charge < -0.3 is 10.7 Å². The Kier molecular flexibility index (Phi) is 2.26. The van der Waals surface area contributed by atoms with Gasteiger partial charge in [0.25, 0.3) is 0 Å². The summed E-state index contributed by atoms with van der Waals surface area (Å²) >= 11 is 0. The van der Waals surface area contributed by atoms with E-state index in [1.165, 1.54) is 6.33 Å². The van der Waals surface area contributed by atoms with Crippen LogP contribution in [0, 0.1) is 0 Å². The van der Waals surface area contributed by atoms with Crippen LogP contribution in [0.4, 0.5) is 5.82 Å². The number of rotatable bonds is 2. The fourth-order valence-corrected chi connectivity index (χ4v) is 1.97. The van der Waals surface area contributed by atoms with Crippen molar-refractivity contribution < 1.29 is 0 Å². The Bertz CT molecular complexity index is 709. The van der Waals surface area contributed by atoms with Crippen molar-refractivity contribution in [3.63, 3.8) is 0 Å². The topological polar surface area (TPSA) is 98.3 Å². The second-order valence-corrected chi connectivity index (χ2v) is 4.06. The van der Waals surface area contributed by atoms with Crippen LogP contribution >= 0.6 is 0 Å². The van der Waals surface area contributed by atoms with E-state index in [-0.39, 0.29) is 0 Å². The molecule has 92 valence electrons. The number of aromatic nitrogens is 6. The summed E-state index contributed by atoms with van der Waals surface area (Å²) in [5, 5.41) is 4.39. The number of H-pyrrole nitrogens is 1. The summed E-state index contributed by atoms with van der Waals surface area (Å²) in [6.07, 6.45) is 4.18. The molecule has 3 aromatic heterocycles. The highest BCUT2D eigenvalue weighted by atomic mass is 15.3. The standard InChI is InChI=1S/C11H13N7/c1-3-7-6(4-18(2)17-7)10-15-8-9(12)13-5-14-11(8)16-10/h4-5H,3H2,1-2H3,(H3,12,13,14,15,16). The number of hydrogen-bond acceptors (Lipinski definition) is 5. The maximum absolute atomic E-state index is 5.78. The van der Waals surface area contributed by atoms with Crippen LogP contribution in [0.3, 0.4) is 0 Å². The van der Waals surface area contributed by atoms with Gasteiger partial charge in [0.15, 0.2) is 11.5 Å². The molecule has 0 fully saturated rings. The van der Waals surface area contributed by atoms with Gasteiger partial charge in [0.2, 0.25) is 0 Å². The van der Waals surface area contributed by atoms with Crippen molar-refractivity contribution in [3.8, 4) is 11.4 Å². The molecule has 0 aliphatic rings. The number of nitrogens with one attached hydrogen (secondary N) is 1. The molecule has 0 aromatic carbocycles. The number of nitrogens with two attached hydrogens (primary N) is 1. The van der Waals surface area contributed by atoms with Crippen LogP contribution in [0.5, 0.6) is 0 Å². The van der Waals surface area contributed by atoms with Crippen LogP contribution in [-0.4, -0.2) is 29.7 Å². The molecule has 3 aromatic rings. The average molecular weight is 243 g/mol. The zero-order valence-electron chi connectivity index (χ0n) is 10.2. The van der Waals surface area contributed by atoms with E-state index in [1.807, 2.05) is 13.2 Å². The first-order chi connectivity index (χ1) is 8.69. The van der Waals surface area contributed by atoms with Gasteiger partial charge in [-0.15, -0.1) is 0 Å². The van der Waals surface area contributed by atoms with Gasteiger partial charge in [-0.3, -0.25) is 4.68 Å². The zero-order chi connectivity index (χ0) is 12.7. The van der Waals surface area contributed by atoms with Gasteiger partial charge in [0, 0.05) is 13.2 Å². The third-order valence-corrected chi connectivity index (χ3v) is 2.81. The molecule has 0 atom stereocenters. The Hall–Kier alpha value is -2.44. The molecule has 0 saturated carbocycles. The number of anilines is 1. The van der Waals surface area contributed by atoms with Crippen LogP contribution in [-0.2, 0) is 13.5 Å². The van der Waals surface area contributed by atoms with E-state index in [4.69, 9.17) is 5.73 Å². The predicted molar refractivity (Wildman–Crippen MR) is 67.7 cm³/mol.